The molecule has 5 rings (SSSR count). The number of amides is 1. The number of H-pyrrole nitrogens is 1. The molecular formula is C26H25ClN4O2S. The maximum absolute atomic E-state index is 12.9. The average molecular weight is 493 g/mol. The van der Waals surface area contributed by atoms with E-state index in [2.05, 4.69) is 41.5 Å². The van der Waals surface area contributed by atoms with Gasteiger partial charge in [0.2, 0.25) is 11.9 Å². The highest BCUT2D eigenvalue weighted by atomic mass is 35.5. The molecule has 1 fully saturated rings. The monoisotopic (exact) mass is 492 g/mol. The zero-order chi connectivity index (χ0) is 23.7. The Morgan fingerprint density at radius 3 is 2.88 bits per heavy atom. The smallest absolute Gasteiger partial charge is 0.270 e. The number of carbonyl (C=O) groups excluding carboxylic acids is 1. The highest BCUT2D eigenvalue weighted by Crippen LogP contribution is 2.32. The number of aryl methyl sites for hydroxylation is 1. The molecule has 0 bridgehead atoms. The van der Waals surface area contributed by atoms with Gasteiger partial charge in [0.15, 0.2) is 0 Å². The fourth-order valence-corrected chi connectivity index (χ4v) is 5.49. The van der Waals surface area contributed by atoms with Crippen molar-refractivity contribution in [3.05, 3.63) is 80.4 Å². The number of thiophene rings is 1. The molecule has 4 aromatic rings. The first kappa shape index (κ1) is 22.6. The minimum Gasteiger partial charge on any atom is -0.352 e. The average Bonchev–Trinajstić information content (AvgIpc) is 3.28. The summed E-state index contributed by atoms with van der Waals surface area (Å²) in [5.74, 6) is 0.355. The topological polar surface area (TPSA) is 78.1 Å². The highest BCUT2D eigenvalue weighted by Gasteiger charge is 2.27. The molecule has 8 heteroatoms. The number of nitrogens with one attached hydrogen (secondary N) is 2. The third-order valence-electron chi connectivity index (χ3n) is 6.22. The number of aromatic amines is 1. The van der Waals surface area contributed by atoms with Gasteiger partial charge in [0, 0.05) is 35.6 Å². The van der Waals surface area contributed by atoms with Crippen LogP contribution in [0.4, 0.5) is 5.95 Å². The Bertz CT molecular complexity index is 1400. The van der Waals surface area contributed by atoms with E-state index in [0.717, 1.165) is 36.1 Å². The fourth-order valence-electron chi connectivity index (χ4n) is 4.37. The molecule has 0 unspecified atom stereocenters. The Balaban J connectivity index is 1.35. The van der Waals surface area contributed by atoms with Crippen LogP contribution in [-0.4, -0.2) is 29.0 Å². The largest absolute Gasteiger partial charge is 0.352 e. The molecule has 0 spiro atoms. The summed E-state index contributed by atoms with van der Waals surface area (Å²) in [5, 5.41) is 5.67. The van der Waals surface area contributed by atoms with Crippen molar-refractivity contribution >= 4 is 45.0 Å². The van der Waals surface area contributed by atoms with Crippen LogP contribution in [0.1, 0.15) is 24.0 Å². The summed E-state index contributed by atoms with van der Waals surface area (Å²) >= 11 is 7.45. The van der Waals surface area contributed by atoms with Crippen molar-refractivity contribution in [3.8, 4) is 11.1 Å². The van der Waals surface area contributed by atoms with Crippen LogP contribution < -0.4 is 15.8 Å². The Hall–Kier alpha value is -3.16. The van der Waals surface area contributed by atoms with Crippen LogP contribution >= 0.6 is 22.9 Å². The van der Waals surface area contributed by atoms with Gasteiger partial charge in [-0.05, 0) is 43.0 Å². The molecule has 0 saturated carbocycles. The number of rotatable bonds is 5. The Labute approximate surface area is 206 Å². The van der Waals surface area contributed by atoms with Crippen molar-refractivity contribution < 1.29 is 4.79 Å². The lowest BCUT2D eigenvalue weighted by molar-refractivity contribution is -0.125. The quantitative estimate of drug-likeness (QED) is 0.404. The Kier molecular flexibility index (Phi) is 6.39. The van der Waals surface area contributed by atoms with Gasteiger partial charge in [0.1, 0.15) is 4.70 Å². The van der Waals surface area contributed by atoms with Crippen LogP contribution in [0.3, 0.4) is 0 Å². The molecule has 174 valence electrons. The van der Waals surface area contributed by atoms with Gasteiger partial charge in [-0.25, -0.2) is 4.98 Å². The molecule has 1 saturated heterocycles. The van der Waals surface area contributed by atoms with Crippen LogP contribution in [-0.2, 0) is 11.3 Å². The van der Waals surface area contributed by atoms with E-state index < -0.39 is 0 Å². The minimum absolute atomic E-state index is 0.00368. The summed E-state index contributed by atoms with van der Waals surface area (Å²) in [4.78, 5) is 35.5. The van der Waals surface area contributed by atoms with Crippen LogP contribution in [0.2, 0.25) is 5.02 Å². The summed E-state index contributed by atoms with van der Waals surface area (Å²) < 4.78 is 0.618. The zero-order valence-corrected chi connectivity index (χ0v) is 20.4. The molecule has 1 amide bonds. The van der Waals surface area contributed by atoms with E-state index in [1.807, 2.05) is 34.5 Å². The Morgan fingerprint density at radius 2 is 2.09 bits per heavy atom. The van der Waals surface area contributed by atoms with Crippen molar-refractivity contribution in [2.45, 2.75) is 26.3 Å². The number of carbonyl (C=O) groups is 1. The molecular weight excluding hydrogens is 468 g/mol. The van der Waals surface area contributed by atoms with Gasteiger partial charge in [-0.1, -0.05) is 53.6 Å². The van der Waals surface area contributed by atoms with Gasteiger partial charge in [-0.15, -0.1) is 11.3 Å². The maximum atomic E-state index is 12.9. The first-order valence-electron chi connectivity index (χ1n) is 11.3. The van der Waals surface area contributed by atoms with Gasteiger partial charge >= 0.3 is 0 Å². The lowest BCUT2D eigenvalue weighted by Crippen LogP contribution is -2.44. The first-order valence-corrected chi connectivity index (χ1v) is 12.6. The summed E-state index contributed by atoms with van der Waals surface area (Å²) in [5.41, 5.74) is 4.71. The van der Waals surface area contributed by atoms with Gasteiger partial charge < -0.3 is 10.2 Å². The SMILES string of the molecule is Cc1ccc(-c2csc3c(=O)[nH]c(N4CCC[C@H](C(=O)NCc5cccc(Cl)c5)C4)nc23)cc1. The number of hydrogen-bond acceptors (Lipinski definition) is 5. The van der Waals surface area contributed by atoms with Crippen LogP contribution in [0.15, 0.2) is 58.7 Å². The van der Waals surface area contributed by atoms with Gasteiger partial charge in [-0.3, -0.25) is 14.6 Å². The van der Waals surface area contributed by atoms with Crippen LogP contribution in [0, 0.1) is 12.8 Å². The Morgan fingerprint density at radius 1 is 1.26 bits per heavy atom. The van der Waals surface area contributed by atoms with Crippen molar-refractivity contribution in [1.29, 1.82) is 0 Å². The van der Waals surface area contributed by atoms with Gasteiger partial charge in [0.25, 0.3) is 5.56 Å². The number of benzene rings is 2. The first-order chi connectivity index (χ1) is 16.5. The number of nitrogens with zero attached hydrogens (tertiary/aromatic N) is 2. The van der Waals surface area contributed by atoms with E-state index in [0.29, 0.717) is 34.3 Å². The van der Waals surface area contributed by atoms with Gasteiger partial charge in [0.05, 0.1) is 11.4 Å². The number of aromatic nitrogens is 2. The minimum atomic E-state index is -0.173. The molecule has 0 radical (unpaired) electrons. The zero-order valence-electron chi connectivity index (χ0n) is 18.8. The van der Waals surface area contributed by atoms with Crippen molar-refractivity contribution in [1.82, 2.24) is 15.3 Å². The molecule has 1 atom stereocenters. The number of piperidine rings is 1. The third-order valence-corrected chi connectivity index (χ3v) is 7.43. The second kappa shape index (κ2) is 9.60. The molecule has 0 aliphatic carbocycles. The molecule has 34 heavy (non-hydrogen) atoms. The third kappa shape index (κ3) is 4.72. The molecule has 3 heterocycles. The second-order valence-corrected chi connectivity index (χ2v) is 10.0. The summed E-state index contributed by atoms with van der Waals surface area (Å²) in [6, 6.07) is 15.7. The second-order valence-electron chi connectivity index (χ2n) is 8.72. The predicted octanol–water partition coefficient (Wildman–Crippen LogP) is 5.15. The molecule has 6 nitrogen and oxygen atoms in total. The van der Waals surface area contributed by atoms with E-state index in [1.54, 1.807) is 0 Å². The molecule has 1 aliphatic rings. The van der Waals surface area contributed by atoms with Crippen molar-refractivity contribution in [2.75, 3.05) is 18.0 Å². The summed E-state index contributed by atoms with van der Waals surface area (Å²) in [7, 11) is 0. The number of hydrogen-bond donors (Lipinski definition) is 2. The molecule has 2 aromatic heterocycles. The lowest BCUT2D eigenvalue weighted by atomic mass is 9.97. The summed E-state index contributed by atoms with van der Waals surface area (Å²) in [6.45, 7) is 3.75. The fraction of sp³-hybridized carbons (Fsp3) is 0.269. The molecule has 1 aliphatic heterocycles. The lowest BCUT2D eigenvalue weighted by Gasteiger charge is -2.32. The van der Waals surface area contributed by atoms with Crippen LogP contribution in [0.5, 0.6) is 0 Å². The maximum Gasteiger partial charge on any atom is 0.270 e. The van der Waals surface area contributed by atoms with Gasteiger partial charge in [-0.2, -0.15) is 0 Å². The van der Waals surface area contributed by atoms with E-state index >= 15 is 0 Å². The summed E-state index contributed by atoms with van der Waals surface area (Å²) in [6.07, 6.45) is 1.66. The predicted molar refractivity (Wildman–Crippen MR) is 139 cm³/mol. The highest BCUT2D eigenvalue weighted by molar-refractivity contribution is 7.17. The number of halogens is 1. The normalized spacial score (nSPS) is 16.1. The van der Waals surface area contributed by atoms with E-state index in [4.69, 9.17) is 16.6 Å². The van der Waals surface area contributed by atoms with Crippen molar-refractivity contribution in [2.24, 2.45) is 5.92 Å². The number of fused-ring (bicyclic) bond motifs is 1. The number of anilines is 1. The molecule has 2 aromatic carbocycles. The molecule has 2 N–H and O–H groups in total. The van der Waals surface area contributed by atoms with Crippen LogP contribution in [0.25, 0.3) is 21.3 Å². The van der Waals surface area contributed by atoms with E-state index in [9.17, 15) is 9.59 Å². The van der Waals surface area contributed by atoms with E-state index in [1.165, 1.54) is 16.9 Å². The van der Waals surface area contributed by atoms with Crippen molar-refractivity contribution in [3.63, 3.8) is 0 Å². The van der Waals surface area contributed by atoms with E-state index in [-0.39, 0.29) is 17.4 Å². The standard InChI is InChI=1S/C26H25ClN4O2S/c1-16-7-9-18(10-8-16)21-15-34-23-22(21)29-26(30-25(23)33)31-11-3-5-19(14-31)24(32)28-13-17-4-2-6-20(27)12-17/h2,4,6-10,12,15,19H,3,5,11,13-14H2,1H3,(H,28,32)(H,29,30,33)/t19-/m0/s1.